The zero-order valence-corrected chi connectivity index (χ0v) is 12.7. The molecule has 1 fully saturated rings. The van der Waals surface area contributed by atoms with Crippen molar-refractivity contribution in [3.63, 3.8) is 0 Å². The maximum absolute atomic E-state index is 10.8. The number of carbonyl (C=O) groups is 1. The van der Waals surface area contributed by atoms with Gasteiger partial charge in [-0.1, -0.05) is 53.2 Å². The molecule has 0 bridgehead atoms. The van der Waals surface area contributed by atoms with Gasteiger partial charge >= 0.3 is 5.97 Å². The minimum absolute atomic E-state index is 0.0181. The summed E-state index contributed by atoms with van der Waals surface area (Å²) in [5.74, 6) is -0.00396. The SMILES string of the molecule is CC(=O)O/N=C1\O[C@@](C)(c2ccccc2)[C@H](Br)[C@H]1C. The average molecular weight is 326 g/mol. The largest absolute Gasteiger partial charge is 0.466 e. The number of rotatable bonds is 2. The number of halogens is 1. The standard InChI is InChI=1S/C14H16BrNO3/c1-9-12(15)14(3,11-7-5-4-6-8-11)18-13(9)16-19-10(2)17/h4-9,12H,1-3H3/b16-13-/t9-,12-,14+/m1/s1. The molecule has 2 rings (SSSR count). The Hall–Kier alpha value is -1.36. The Balaban J connectivity index is 2.30. The lowest BCUT2D eigenvalue weighted by Gasteiger charge is -2.27. The van der Waals surface area contributed by atoms with E-state index in [0.29, 0.717) is 5.90 Å². The molecule has 0 aromatic heterocycles. The monoisotopic (exact) mass is 325 g/mol. The molecular weight excluding hydrogens is 310 g/mol. The first-order valence-electron chi connectivity index (χ1n) is 6.09. The van der Waals surface area contributed by atoms with Gasteiger partial charge in [0.2, 0.25) is 5.90 Å². The maximum Gasteiger partial charge on any atom is 0.332 e. The highest BCUT2D eigenvalue weighted by Gasteiger charge is 2.49. The van der Waals surface area contributed by atoms with Crippen LogP contribution in [0.1, 0.15) is 26.3 Å². The van der Waals surface area contributed by atoms with E-state index in [4.69, 9.17) is 4.74 Å². The van der Waals surface area contributed by atoms with Gasteiger partial charge in [0, 0.05) is 6.92 Å². The van der Waals surface area contributed by atoms with Crippen molar-refractivity contribution in [1.29, 1.82) is 0 Å². The summed E-state index contributed by atoms with van der Waals surface area (Å²) < 4.78 is 5.94. The average Bonchev–Trinajstić information content (AvgIpc) is 2.63. The van der Waals surface area contributed by atoms with E-state index in [2.05, 4.69) is 25.9 Å². The first kappa shape index (κ1) is 14.1. The third-order valence-electron chi connectivity index (χ3n) is 3.28. The molecule has 3 atom stereocenters. The fourth-order valence-electron chi connectivity index (χ4n) is 2.17. The number of hydrogen-bond donors (Lipinski definition) is 0. The van der Waals surface area contributed by atoms with Gasteiger partial charge in [0.1, 0.15) is 5.60 Å². The lowest BCUT2D eigenvalue weighted by atomic mass is 9.89. The van der Waals surface area contributed by atoms with Gasteiger partial charge in [0.05, 0.1) is 10.7 Å². The van der Waals surface area contributed by atoms with Crippen LogP contribution in [-0.2, 0) is 20.0 Å². The summed E-state index contributed by atoms with van der Waals surface area (Å²) in [5.41, 5.74) is 0.524. The molecule has 1 aliphatic heterocycles. The van der Waals surface area contributed by atoms with Crippen molar-refractivity contribution >= 4 is 27.8 Å². The molecule has 1 aromatic carbocycles. The fraction of sp³-hybridized carbons (Fsp3) is 0.429. The minimum atomic E-state index is -0.528. The van der Waals surface area contributed by atoms with E-state index in [1.807, 2.05) is 44.2 Å². The van der Waals surface area contributed by atoms with Gasteiger partial charge in [0.25, 0.3) is 0 Å². The molecule has 1 aliphatic rings. The summed E-state index contributed by atoms with van der Waals surface area (Å²) in [4.78, 5) is 15.6. The molecule has 0 saturated carbocycles. The van der Waals surface area contributed by atoms with Crippen molar-refractivity contribution in [3.05, 3.63) is 35.9 Å². The second kappa shape index (κ2) is 5.33. The number of alkyl halides is 1. The van der Waals surface area contributed by atoms with Gasteiger partial charge in [-0.05, 0) is 17.6 Å². The van der Waals surface area contributed by atoms with Crippen LogP contribution in [0.2, 0.25) is 0 Å². The molecule has 1 aromatic rings. The van der Waals surface area contributed by atoms with Crippen molar-refractivity contribution in [2.24, 2.45) is 11.1 Å². The van der Waals surface area contributed by atoms with E-state index in [0.717, 1.165) is 5.56 Å². The Morgan fingerprint density at radius 1 is 1.42 bits per heavy atom. The molecule has 19 heavy (non-hydrogen) atoms. The summed E-state index contributed by atoms with van der Waals surface area (Å²) in [7, 11) is 0. The maximum atomic E-state index is 10.8. The summed E-state index contributed by atoms with van der Waals surface area (Å²) in [5, 5.41) is 3.79. The van der Waals surface area contributed by atoms with Crippen LogP contribution in [0.4, 0.5) is 0 Å². The number of ether oxygens (including phenoxy) is 1. The first-order chi connectivity index (χ1) is 8.95. The number of hydrogen-bond acceptors (Lipinski definition) is 4. The van der Waals surface area contributed by atoms with Crippen molar-refractivity contribution in [2.45, 2.75) is 31.2 Å². The molecule has 1 heterocycles. The summed E-state index contributed by atoms with van der Waals surface area (Å²) in [6.45, 7) is 5.29. The third kappa shape index (κ3) is 2.66. The van der Waals surface area contributed by atoms with Gasteiger partial charge in [-0.15, -0.1) is 0 Å². The van der Waals surface area contributed by atoms with E-state index in [-0.39, 0.29) is 10.7 Å². The normalized spacial score (nSPS) is 32.1. The Labute approximate surface area is 120 Å². The Bertz CT molecular complexity index is 503. The second-order valence-electron chi connectivity index (χ2n) is 4.78. The Kier molecular flexibility index (Phi) is 3.94. The van der Waals surface area contributed by atoms with Crippen LogP contribution in [0.15, 0.2) is 35.5 Å². The van der Waals surface area contributed by atoms with Crippen LogP contribution < -0.4 is 0 Å². The van der Waals surface area contributed by atoms with E-state index < -0.39 is 11.6 Å². The van der Waals surface area contributed by atoms with E-state index in [1.54, 1.807) is 0 Å². The highest BCUT2D eigenvalue weighted by Crippen LogP contribution is 2.44. The number of oxime groups is 1. The van der Waals surface area contributed by atoms with Gasteiger partial charge in [-0.3, -0.25) is 0 Å². The quantitative estimate of drug-likeness (QED) is 0.476. The van der Waals surface area contributed by atoms with Crippen LogP contribution >= 0.6 is 15.9 Å². The minimum Gasteiger partial charge on any atom is -0.466 e. The predicted molar refractivity (Wildman–Crippen MR) is 76.0 cm³/mol. The van der Waals surface area contributed by atoms with Crippen molar-refractivity contribution in [3.8, 4) is 0 Å². The zero-order valence-electron chi connectivity index (χ0n) is 11.1. The number of benzene rings is 1. The van der Waals surface area contributed by atoms with E-state index >= 15 is 0 Å². The van der Waals surface area contributed by atoms with Gasteiger partial charge < -0.3 is 9.57 Å². The lowest BCUT2D eigenvalue weighted by Crippen LogP contribution is -2.30. The van der Waals surface area contributed by atoms with Crippen molar-refractivity contribution in [2.75, 3.05) is 0 Å². The molecule has 0 N–H and O–H groups in total. The molecule has 102 valence electrons. The summed E-state index contributed by atoms with van der Waals surface area (Å²) in [6.07, 6.45) is 0. The highest BCUT2D eigenvalue weighted by molar-refractivity contribution is 9.09. The smallest absolute Gasteiger partial charge is 0.332 e. The van der Waals surface area contributed by atoms with E-state index in [1.165, 1.54) is 6.92 Å². The van der Waals surface area contributed by atoms with E-state index in [9.17, 15) is 4.79 Å². The molecule has 0 radical (unpaired) electrons. The number of carbonyl (C=O) groups excluding carboxylic acids is 1. The van der Waals surface area contributed by atoms with Crippen molar-refractivity contribution in [1.82, 2.24) is 0 Å². The topological polar surface area (TPSA) is 47.9 Å². The first-order valence-corrected chi connectivity index (χ1v) is 7.01. The number of nitrogens with zero attached hydrogens (tertiary/aromatic N) is 1. The summed E-state index contributed by atoms with van der Waals surface area (Å²) in [6, 6.07) is 9.92. The lowest BCUT2D eigenvalue weighted by molar-refractivity contribution is -0.141. The second-order valence-corrected chi connectivity index (χ2v) is 5.76. The molecule has 0 amide bonds. The molecule has 0 unspecified atom stereocenters. The molecule has 0 spiro atoms. The highest BCUT2D eigenvalue weighted by atomic mass is 79.9. The zero-order chi connectivity index (χ0) is 14.0. The predicted octanol–water partition coefficient (Wildman–Crippen LogP) is 3.21. The van der Waals surface area contributed by atoms with Crippen LogP contribution in [0.5, 0.6) is 0 Å². The Morgan fingerprint density at radius 3 is 2.63 bits per heavy atom. The molecule has 5 heteroatoms. The fourth-order valence-corrected chi connectivity index (χ4v) is 2.75. The van der Waals surface area contributed by atoms with Crippen molar-refractivity contribution < 1.29 is 14.4 Å². The van der Waals surface area contributed by atoms with Gasteiger partial charge in [-0.25, -0.2) is 4.79 Å². The van der Waals surface area contributed by atoms with Crippen LogP contribution in [0.3, 0.4) is 0 Å². The Morgan fingerprint density at radius 2 is 2.05 bits per heavy atom. The molecule has 4 nitrogen and oxygen atoms in total. The summed E-state index contributed by atoms with van der Waals surface area (Å²) >= 11 is 3.66. The van der Waals surface area contributed by atoms with Crippen LogP contribution in [0, 0.1) is 5.92 Å². The van der Waals surface area contributed by atoms with Crippen LogP contribution in [0.25, 0.3) is 0 Å². The van der Waals surface area contributed by atoms with Crippen LogP contribution in [-0.4, -0.2) is 16.7 Å². The van der Waals surface area contributed by atoms with Gasteiger partial charge in [0.15, 0.2) is 0 Å². The molecule has 0 aliphatic carbocycles. The third-order valence-corrected chi connectivity index (χ3v) is 4.95. The van der Waals surface area contributed by atoms with Gasteiger partial charge in [-0.2, -0.15) is 0 Å². The molecular formula is C14H16BrNO3. The molecule has 1 saturated heterocycles.